The van der Waals surface area contributed by atoms with E-state index in [-0.39, 0.29) is 0 Å². The summed E-state index contributed by atoms with van der Waals surface area (Å²) in [6.45, 7) is 31.0. The minimum absolute atomic E-state index is 0.371. The van der Waals surface area contributed by atoms with Crippen molar-refractivity contribution in [1.29, 1.82) is 0 Å². The van der Waals surface area contributed by atoms with Crippen LogP contribution in [0.25, 0.3) is 0 Å². The van der Waals surface area contributed by atoms with Crippen molar-refractivity contribution in [3.8, 4) is 0 Å². The second-order valence-corrected chi connectivity index (χ2v) is 3.82. The molecular formula is C20H34. The third kappa shape index (κ3) is 7.78. The van der Waals surface area contributed by atoms with E-state index in [1.807, 2.05) is 46.8 Å². The van der Waals surface area contributed by atoms with Gasteiger partial charge in [-0.1, -0.05) is 65.7 Å². The summed E-state index contributed by atoms with van der Waals surface area (Å²) in [6.07, 6.45) is 6.54. The standard InChI is InChI=1S/C13H16.C3H6.2C2H6/c1-6-12-8-9(3)10(4)11(5)13(12)7-2;1-3-2;2*1-2/h6-7,12H,1-4,8H2,5H3;3H,1H2,2H3;2*1-2H3. The molecule has 114 valence electrons. The van der Waals surface area contributed by atoms with Crippen LogP contribution < -0.4 is 0 Å². The zero-order valence-corrected chi connectivity index (χ0v) is 14.6. The van der Waals surface area contributed by atoms with Gasteiger partial charge in [-0.15, -0.1) is 13.2 Å². The minimum atomic E-state index is 0.371. The predicted octanol–water partition coefficient (Wildman–Crippen LogP) is 7.05. The minimum Gasteiger partial charge on any atom is -0.103 e. The molecule has 0 bridgehead atoms. The first-order chi connectivity index (χ1) is 9.53. The number of allylic oxidation sites excluding steroid dienone is 7. The molecule has 0 aliphatic heterocycles. The van der Waals surface area contributed by atoms with Crippen LogP contribution in [0.4, 0.5) is 0 Å². The molecule has 0 N–H and O–H groups in total. The molecule has 0 fully saturated rings. The third-order valence-corrected chi connectivity index (χ3v) is 2.68. The lowest BCUT2D eigenvalue weighted by Gasteiger charge is -2.26. The summed E-state index contributed by atoms with van der Waals surface area (Å²) >= 11 is 0. The first kappa shape index (κ1) is 23.5. The summed E-state index contributed by atoms with van der Waals surface area (Å²) in [5.41, 5.74) is 4.63. The molecule has 0 radical (unpaired) electrons. The van der Waals surface area contributed by atoms with Crippen LogP contribution in [0.3, 0.4) is 0 Å². The van der Waals surface area contributed by atoms with E-state index in [2.05, 4.69) is 39.8 Å². The van der Waals surface area contributed by atoms with Crippen molar-refractivity contribution in [1.82, 2.24) is 0 Å². The van der Waals surface area contributed by atoms with Crippen LogP contribution in [0.2, 0.25) is 0 Å². The molecule has 1 aliphatic carbocycles. The van der Waals surface area contributed by atoms with Gasteiger partial charge in [0.1, 0.15) is 0 Å². The Bertz CT molecular complexity index is 350. The molecule has 0 spiro atoms. The molecule has 0 heteroatoms. The molecule has 20 heavy (non-hydrogen) atoms. The van der Waals surface area contributed by atoms with Gasteiger partial charge < -0.3 is 0 Å². The molecule has 0 heterocycles. The Morgan fingerprint density at radius 3 is 1.70 bits per heavy atom. The Balaban J connectivity index is -0.000000355. The molecule has 0 saturated heterocycles. The van der Waals surface area contributed by atoms with Gasteiger partial charge in [-0.05, 0) is 42.6 Å². The van der Waals surface area contributed by atoms with Gasteiger partial charge in [0.2, 0.25) is 0 Å². The van der Waals surface area contributed by atoms with Crippen LogP contribution >= 0.6 is 0 Å². The van der Waals surface area contributed by atoms with Crippen LogP contribution in [0.15, 0.2) is 73.4 Å². The Morgan fingerprint density at radius 2 is 1.40 bits per heavy atom. The quantitative estimate of drug-likeness (QED) is 0.473. The van der Waals surface area contributed by atoms with E-state index in [1.54, 1.807) is 6.08 Å². The summed E-state index contributed by atoms with van der Waals surface area (Å²) < 4.78 is 0. The summed E-state index contributed by atoms with van der Waals surface area (Å²) in [4.78, 5) is 0. The van der Waals surface area contributed by atoms with Crippen LogP contribution in [0, 0.1) is 5.92 Å². The van der Waals surface area contributed by atoms with Crippen molar-refractivity contribution in [2.45, 2.75) is 48.0 Å². The topological polar surface area (TPSA) is 0 Å². The molecule has 1 aliphatic rings. The maximum absolute atomic E-state index is 4.00. The lowest BCUT2D eigenvalue weighted by molar-refractivity contribution is 0.743. The Morgan fingerprint density at radius 1 is 1.00 bits per heavy atom. The third-order valence-electron chi connectivity index (χ3n) is 2.68. The van der Waals surface area contributed by atoms with Gasteiger partial charge in [-0.3, -0.25) is 0 Å². The van der Waals surface area contributed by atoms with Gasteiger partial charge in [0, 0.05) is 5.92 Å². The number of hydrogen-bond acceptors (Lipinski definition) is 0. The van der Waals surface area contributed by atoms with E-state index < -0.39 is 0 Å². The summed E-state index contributed by atoms with van der Waals surface area (Å²) in [5, 5.41) is 0. The molecule has 0 aromatic carbocycles. The number of hydrogen-bond donors (Lipinski definition) is 0. The largest absolute Gasteiger partial charge is 0.103 e. The molecule has 0 aromatic heterocycles. The summed E-state index contributed by atoms with van der Waals surface area (Å²) in [5.74, 6) is 0.371. The zero-order valence-electron chi connectivity index (χ0n) is 14.6. The molecular weight excluding hydrogens is 240 g/mol. The molecule has 1 unspecified atom stereocenters. The average molecular weight is 274 g/mol. The second-order valence-electron chi connectivity index (χ2n) is 3.82. The Labute approximate surface area is 128 Å². The second kappa shape index (κ2) is 15.5. The van der Waals surface area contributed by atoms with Crippen molar-refractivity contribution in [3.05, 3.63) is 73.4 Å². The average Bonchev–Trinajstić information content (AvgIpc) is 2.49. The van der Waals surface area contributed by atoms with E-state index in [9.17, 15) is 0 Å². The van der Waals surface area contributed by atoms with Gasteiger partial charge in [0.05, 0.1) is 0 Å². The molecule has 1 atom stereocenters. The normalized spacial score (nSPS) is 16.4. The lowest BCUT2D eigenvalue weighted by atomic mass is 9.78. The van der Waals surface area contributed by atoms with Crippen molar-refractivity contribution in [2.75, 3.05) is 0 Å². The maximum Gasteiger partial charge on any atom is 0.00583 e. The van der Waals surface area contributed by atoms with Gasteiger partial charge in [0.25, 0.3) is 0 Å². The highest BCUT2D eigenvalue weighted by atomic mass is 14.2. The maximum atomic E-state index is 4.00. The van der Waals surface area contributed by atoms with Crippen molar-refractivity contribution in [2.24, 2.45) is 5.92 Å². The van der Waals surface area contributed by atoms with Crippen LogP contribution in [0.5, 0.6) is 0 Å². The fraction of sp³-hybridized carbons (Fsp3) is 0.400. The van der Waals surface area contributed by atoms with Crippen LogP contribution in [-0.4, -0.2) is 0 Å². The van der Waals surface area contributed by atoms with E-state index in [1.165, 1.54) is 11.1 Å². The first-order valence-corrected chi connectivity index (χ1v) is 7.43. The molecule has 0 amide bonds. The molecule has 0 nitrogen and oxygen atoms in total. The van der Waals surface area contributed by atoms with Crippen molar-refractivity contribution < 1.29 is 0 Å². The van der Waals surface area contributed by atoms with Crippen LogP contribution in [0.1, 0.15) is 48.0 Å². The molecule has 1 rings (SSSR count). The lowest BCUT2D eigenvalue weighted by Crippen LogP contribution is -2.11. The fourth-order valence-electron chi connectivity index (χ4n) is 1.73. The highest BCUT2D eigenvalue weighted by molar-refractivity contribution is 5.52. The number of rotatable bonds is 2. The molecule has 0 saturated carbocycles. The monoisotopic (exact) mass is 274 g/mol. The smallest absolute Gasteiger partial charge is 0.00583 e. The highest BCUT2D eigenvalue weighted by Crippen LogP contribution is 2.36. The summed E-state index contributed by atoms with van der Waals surface area (Å²) in [6, 6.07) is 0. The Hall–Kier alpha value is -1.56. The molecule has 0 aromatic rings. The summed E-state index contributed by atoms with van der Waals surface area (Å²) in [7, 11) is 0. The van der Waals surface area contributed by atoms with Gasteiger partial charge >= 0.3 is 0 Å². The zero-order chi connectivity index (χ0) is 16.7. The van der Waals surface area contributed by atoms with E-state index in [4.69, 9.17) is 0 Å². The fourth-order valence-corrected chi connectivity index (χ4v) is 1.73. The first-order valence-electron chi connectivity index (χ1n) is 7.43. The van der Waals surface area contributed by atoms with E-state index >= 15 is 0 Å². The van der Waals surface area contributed by atoms with Crippen molar-refractivity contribution in [3.63, 3.8) is 0 Å². The van der Waals surface area contributed by atoms with Gasteiger partial charge in [-0.2, -0.15) is 0 Å². The highest BCUT2D eigenvalue weighted by Gasteiger charge is 2.20. The SMILES string of the molecule is C=CC.C=CC1=C(C)C(=C)C(=C)CC1C=C.CC.CC. The van der Waals surface area contributed by atoms with Gasteiger partial charge in [0.15, 0.2) is 0 Å². The van der Waals surface area contributed by atoms with Crippen LogP contribution in [-0.2, 0) is 0 Å². The van der Waals surface area contributed by atoms with E-state index in [0.717, 1.165) is 17.6 Å². The predicted molar refractivity (Wildman–Crippen MR) is 98.0 cm³/mol. The van der Waals surface area contributed by atoms with Gasteiger partial charge in [-0.25, -0.2) is 0 Å². The Kier molecular flexibility index (Phi) is 18.2. The van der Waals surface area contributed by atoms with Crippen molar-refractivity contribution >= 4 is 0 Å². The van der Waals surface area contributed by atoms with E-state index in [0.29, 0.717) is 5.92 Å².